The van der Waals surface area contributed by atoms with E-state index in [4.69, 9.17) is 10.5 Å². The third kappa shape index (κ3) is 3.82. The van der Waals surface area contributed by atoms with E-state index < -0.39 is 0 Å². The summed E-state index contributed by atoms with van der Waals surface area (Å²) in [7, 11) is 1.70. The van der Waals surface area contributed by atoms with Crippen molar-refractivity contribution in [1.82, 2.24) is 5.32 Å². The minimum Gasteiger partial charge on any atom is -0.496 e. The van der Waals surface area contributed by atoms with Crippen molar-refractivity contribution in [3.8, 4) is 5.75 Å². The van der Waals surface area contributed by atoms with Gasteiger partial charge in [-0.15, -0.1) is 11.8 Å². The lowest BCUT2D eigenvalue weighted by Crippen LogP contribution is -2.34. The number of hydrogen-bond acceptors (Lipinski definition) is 4. The molecule has 3 N–H and O–H groups in total. The van der Waals surface area contributed by atoms with Crippen LogP contribution < -0.4 is 15.8 Å². The third-order valence-corrected chi connectivity index (χ3v) is 4.41. The Morgan fingerprint density at radius 3 is 3.06 bits per heavy atom. The summed E-state index contributed by atoms with van der Waals surface area (Å²) in [5, 5.41) is 3.58. The van der Waals surface area contributed by atoms with Crippen molar-refractivity contribution in [2.75, 3.05) is 25.1 Å². The first kappa shape index (κ1) is 13.6. The number of methoxy groups -OCH3 is 1. The molecule has 2 rings (SSSR count). The highest BCUT2D eigenvalue weighted by Gasteiger charge is 2.12. The first-order chi connectivity index (χ1) is 8.79. The summed E-state index contributed by atoms with van der Waals surface area (Å²) in [4.78, 5) is 1.18. The Bertz CT molecular complexity index is 378. The predicted octanol–water partition coefficient (Wildman–Crippen LogP) is 2.90. The lowest BCUT2D eigenvalue weighted by atomic mass is 10.0. The molecule has 1 fully saturated rings. The van der Waals surface area contributed by atoms with Crippen molar-refractivity contribution in [1.29, 1.82) is 0 Å². The summed E-state index contributed by atoms with van der Waals surface area (Å²) in [5.74, 6) is 2.01. The third-order valence-electron chi connectivity index (χ3n) is 3.32. The van der Waals surface area contributed by atoms with Gasteiger partial charge in [0.25, 0.3) is 0 Å². The number of nitrogens with two attached hydrogens (primary N) is 1. The van der Waals surface area contributed by atoms with Gasteiger partial charge in [-0.1, -0.05) is 6.42 Å². The molecule has 0 spiro atoms. The molecule has 1 aliphatic rings. The number of anilines is 1. The van der Waals surface area contributed by atoms with Crippen LogP contribution in [0.5, 0.6) is 5.75 Å². The zero-order chi connectivity index (χ0) is 12.8. The molecule has 1 aromatic carbocycles. The SMILES string of the molecule is COc1cc(N)ccc1SCCC1CCCCN1. The van der Waals surface area contributed by atoms with E-state index >= 15 is 0 Å². The normalized spacial score (nSPS) is 19.7. The van der Waals surface area contributed by atoms with E-state index in [0.29, 0.717) is 6.04 Å². The standard InChI is InChI=1S/C14H22N2OS/c1-17-13-10-11(15)5-6-14(13)18-9-7-12-4-2-3-8-16-12/h5-6,10,12,16H,2-4,7-9,15H2,1H3. The van der Waals surface area contributed by atoms with Gasteiger partial charge in [0.2, 0.25) is 0 Å². The molecule has 18 heavy (non-hydrogen) atoms. The van der Waals surface area contributed by atoms with E-state index in [1.807, 2.05) is 30.0 Å². The number of thioether (sulfide) groups is 1. The van der Waals surface area contributed by atoms with Gasteiger partial charge in [-0.2, -0.15) is 0 Å². The van der Waals surface area contributed by atoms with Crippen LogP contribution in [0.4, 0.5) is 5.69 Å². The summed E-state index contributed by atoms with van der Waals surface area (Å²) in [5.41, 5.74) is 6.50. The second-order valence-corrected chi connectivity index (χ2v) is 5.83. The van der Waals surface area contributed by atoms with Crippen molar-refractivity contribution in [2.45, 2.75) is 36.6 Å². The first-order valence-corrected chi connectivity index (χ1v) is 7.58. The Morgan fingerprint density at radius 2 is 2.33 bits per heavy atom. The number of piperidine rings is 1. The van der Waals surface area contributed by atoms with E-state index in [-0.39, 0.29) is 0 Å². The van der Waals surface area contributed by atoms with Gasteiger partial charge in [0.1, 0.15) is 5.75 Å². The van der Waals surface area contributed by atoms with E-state index in [2.05, 4.69) is 5.32 Å². The van der Waals surface area contributed by atoms with Crippen LogP contribution in [0.2, 0.25) is 0 Å². The lowest BCUT2D eigenvalue weighted by Gasteiger charge is -2.23. The molecule has 1 heterocycles. The molecule has 0 bridgehead atoms. The van der Waals surface area contributed by atoms with Gasteiger partial charge in [-0.05, 0) is 43.7 Å². The minimum atomic E-state index is 0.700. The first-order valence-electron chi connectivity index (χ1n) is 6.59. The van der Waals surface area contributed by atoms with Gasteiger partial charge in [-0.3, -0.25) is 0 Å². The molecule has 1 aromatic rings. The molecule has 1 unspecified atom stereocenters. The monoisotopic (exact) mass is 266 g/mol. The highest BCUT2D eigenvalue weighted by molar-refractivity contribution is 7.99. The second kappa shape index (κ2) is 6.90. The number of nitrogen functional groups attached to an aromatic ring is 1. The highest BCUT2D eigenvalue weighted by Crippen LogP contribution is 2.31. The van der Waals surface area contributed by atoms with Crippen LogP contribution in [0, 0.1) is 0 Å². The fraction of sp³-hybridized carbons (Fsp3) is 0.571. The molecule has 0 aromatic heterocycles. The minimum absolute atomic E-state index is 0.700. The number of ether oxygens (including phenoxy) is 1. The Morgan fingerprint density at radius 1 is 1.44 bits per heavy atom. The maximum atomic E-state index is 5.75. The Balaban J connectivity index is 1.82. The molecule has 0 radical (unpaired) electrons. The lowest BCUT2D eigenvalue weighted by molar-refractivity contribution is 0.394. The van der Waals surface area contributed by atoms with Crippen molar-refractivity contribution in [3.63, 3.8) is 0 Å². The van der Waals surface area contributed by atoms with E-state index in [0.717, 1.165) is 17.2 Å². The van der Waals surface area contributed by atoms with Gasteiger partial charge < -0.3 is 15.8 Å². The van der Waals surface area contributed by atoms with Gasteiger partial charge >= 0.3 is 0 Å². The highest BCUT2D eigenvalue weighted by atomic mass is 32.2. The fourth-order valence-corrected chi connectivity index (χ4v) is 3.36. The van der Waals surface area contributed by atoms with Gasteiger partial charge in [-0.25, -0.2) is 0 Å². The van der Waals surface area contributed by atoms with Crippen molar-refractivity contribution >= 4 is 17.4 Å². The summed E-state index contributed by atoms with van der Waals surface area (Å²) in [6.07, 6.45) is 5.24. The van der Waals surface area contributed by atoms with Crippen LogP contribution in [0.15, 0.2) is 23.1 Å². The largest absolute Gasteiger partial charge is 0.496 e. The molecule has 100 valence electrons. The van der Waals surface area contributed by atoms with Crippen LogP contribution in [-0.4, -0.2) is 25.4 Å². The fourth-order valence-electron chi connectivity index (χ4n) is 2.28. The van der Waals surface area contributed by atoms with Crippen LogP contribution in [0.3, 0.4) is 0 Å². The van der Waals surface area contributed by atoms with Crippen molar-refractivity contribution in [2.24, 2.45) is 0 Å². The summed E-state index contributed by atoms with van der Waals surface area (Å²) in [6.45, 7) is 1.18. The predicted molar refractivity (Wildman–Crippen MR) is 78.4 cm³/mol. The second-order valence-electron chi connectivity index (χ2n) is 4.69. The van der Waals surface area contributed by atoms with E-state index in [9.17, 15) is 0 Å². The average molecular weight is 266 g/mol. The van der Waals surface area contributed by atoms with Crippen LogP contribution >= 0.6 is 11.8 Å². The Hall–Kier alpha value is -0.870. The smallest absolute Gasteiger partial charge is 0.134 e. The molecule has 0 aliphatic carbocycles. The average Bonchev–Trinajstić information content (AvgIpc) is 2.41. The number of nitrogens with one attached hydrogen (secondary N) is 1. The van der Waals surface area contributed by atoms with Gasteiger partial charge in [0.15, 0.2) is 0 Å². The van der Waals surface area contributed by atoms with Crippen molar-refractivity contribution in [3.05, 3.63) is 18.2 Å². The molecular formula is C14H22N2OS. The number of benzene rings is 1. The Kier molecular flexibility index (Phi) is 5.20. The van der Waals surface area contributed by atoms with Crippen LogP contribution in [-0.2, 0) is 0 Å². The molecule has 1 saturated heterocycles. The number of rotatable bonds is 5. The Labute approximate surface area is 113 Å². The molecule has 4 heteroatoms. The van der Waals surface area contributed by atoms with E-state index in [1.54, 1.807) is 7.11 Å². The summed E-state index contributed by atoms with van der Waals surface area (Å²) < 4.78 is 5.35. The zero-order valence-corrected chi connectivity index (χ0v) is 11.8. The molecule has 1 aliphatic heterocycles. The number of hydrogen-bond donors (Lipinski definition) is 2. The summed E-state index contributed by atoms with van der Waals surface area (Å²) >= 11 is 1.85. The molecule has 3 nitrogen and oxygen atoms in total. The molecule has 1 atom stereocenters. The topological polar surface area (TPSA) is 47.3 Å². The van der Waals surface area contributed by atoms with Crippen LogP contribution in [0.25, 0.3) is 0 Å². The van der Waals surface area contributed by atoms with Gasteiger partial charge in [0.05, 0.1) is 7.11 Å². The zero-order valence-electron chi connectivity index (χ0n) is 10.9. The van der Waals surface area contributed by atoms with Crippen molar-refractivity contribution < 1.29 is 4.74 Å². The van der Waals surface area contributed by atoms with Crippen LogP contribution in [0.1, 0.15) is 25.7 Å². The molecule has 0 saturated carbocycles. The maximum Gasteiger partial charge on any atom is 0.134 e. The molecule has 0 amide bonds. The maximum absolute atomic E-state index is 5.75. The quantitative estimate of drug-likeness (QED) is 0.635. The molecular weight excluding hydrogens is 244 g/mol. The summed E-state index contributed by atoms with van der Waals surface area (Å²) in [6, 6.07) is 6.57. The van der Waals surface area contributed by atoms with Gasteiger partial charge in [0, 0.05) is 22.7 Å². The van der Waals surface area contributed by atoms with E-state index in [1.165, 1.54) is 37.1 Å².